The number of rotatable bonds is 2. The Morgan fingerprint density at radius 3 is 3.00 bits per heavy atom. The van der Waals surface area contributed by atoms with E-state index in [1.54, 1.807) is 12.1 Å². The summed E-state index contributed by atoms with van der Waals surface area (Å²) < 4.78 is 12.6. The van der Waals surface area contributed by atoms with E-state index in [-0.39, 0.29) is 5.95 Å². The van der Waals surface area contributed by atoms with Gasteiger partial charge in [-0.3, -0.25) is 0 Å². The highest BCUT2D eigenvalue weighted by molar-refractivity contribution is 5.10. The summed E-state index contributed by atoms with van der Waals surface area (Å²) in [6, 6.07) is 3.46. The van der Waals surface area contributed by atoms with Crippen molar-refractivity contribution in [2.45, 2.75) is 12.8 Å². The van der Waals surface area contributed by atoms with E-state index in [4.69, 9.17) is 0 Å². The molecule has 53 valence electrons. The van der Waals surface area contributed by atoms with E-state index >= 15 is 0 Å². The highest BCUT2D eigenvalue weighted by Crippen LogP contribution is 2.04. The number of hydrogen-bond acceptors (Lipinski definition) is 1. The third kappa shape index (κ3) is 1.53. The van der Waals surface area contributed by atoms with E-state index in [0.29, 0.717) is 18.4 Å². The van der Waals surface area contributed by atoms with E-state index in [0.717, 1.165) is 0 Å². The SMILES string of the molecule is [CH2]CCc1cccnc1F. The molecule has 1 radical (unpaired) electrons. The molecule has 1 nitrogen and oxygen atoms in total. The van der Waals surface area contributed by atoms with Gasteiger partial charge in [-0.1, -0.05) is 13.0 Å². The topological polar surface area (TPSA) is 12.9 Å². The van der Waals surface area contributed by atoms with Gasteiger partial charge in [0.05, 0.1) is 0 Å². The van der Waals surface area contributed by atoms with E-state index in [1.165, 1.54) is 6.20 Å². The van der Waals surface area contributed by atoms with Gasteiger partial charge >= 0.3 is 0 Å². The maximum absolute atomic E-state index is 12.6. The predicted octanol–water partition coefficient (Wildman–Crippen LogP) is 1.99. The van der Waals surface area contributed by atoms with Crippen LogP contribution in [0, 0.1) is 12.9 Å². The molecule has 1 rings (SSSR count). The van der Waals surface area contributed by atoms with Gasteiger partial charge in [0.2, 0.25) is 5.95 Å². The van der Waals surface area contributed by atoms with E-state index in [2.05, 4.69) is 11.9 Å². The minimum atomic E-state index is -0.369. The first-order valence-electron chi connectivity index (χ1n) is 3.23. The lowest BCUT2D eigenvalue weighted by Gasteiger charge is -1.96. The number of halogens is 1. The molecule has 0 aliphatic carbocycles. The number of pyridine rings is 1. The summed E-state index contributed by atoms with van der Waals surface area (Å²) in [5.41, 5.74) is 0.650. The van der Waals surface area contributed by atoms with Crippen LogP contribution in [-0.4, -0.2) is 4.98 Å². The molecular weight excluding hydrogens is 129 g/mol. The summed E-state index contributed by atoms with van der Waals surface area (Å²) in [7, 11) is 0. The third-order valence-corrected chi connectivity index (χ3v) is 1.28. The van der Waals surface area contributed by atoms with Gasteiger partial charge in [-0.15, -0.1) is 0 Å². The third-order valence-electron chi connectivity index (χ3n) is 1.28. The van der Waals surface area contributed by atoms with Gasteiger partial charge in [-0.05, 0) is 18.9 Å². The van der Waals surface area contributed by atoms with Gasteiger partial charge in [0.25, 0.3) is 0 Å². The molecule has 10 heavy (non-hydrogen) atoms. The first-order chi connectivity index (χ1) is 4.84. The molecule has 0 fully saturated rings. The molecule has 1 heterocycles. The molecule has 0 aliphatic rings. The van der Waals surface area contributed by atoms with Crippen LogP contribution in [0.25, 0.3) is 0 Å². The largest absolute Gasteiger partial charge is 0.228 e. The molecule has 0 atom stereocenters. The highest BCUT2D eigenvalue weighted by Gasteiger charge is 1.98. The molecule has 0 amide bonds. The second-order valence-corrected chi connectivity index (χ2v) is 2.06. The van der Waals surface area contributed by atoms with Crippen LogP contribution in [0.1, 0.15) is 12.0 Å². The van der Waals surface area contributed by atoms with E-state index in [1.807, 2.05) is 0 Å². The van der Waals surface area contributed by atoms with Crippen LogP contribution in [0.5, 0.6) is 0 Å². The fourth-order valence-corrected chi connectivity index (χ4v) is 0.796. The molecule has 2 heteroatoms. The van der Waals surface area contributed by atoms with E-state index < -0.39 is 0 Å². The molecule has 0 saturated carbocycles. The molecule has 0 N–H and O–H groups in total. The van der Waals surface area contributed by atoms with Gasteiger partial charge < -0.3 is 0 Å². The van der Waals surface area contributed by atoms with Crippen molar-refractivity contribution in [1.82, 2.24) is 4.98 Å². The summed E-state index contributed by atoms with van der Waals surface area (Å²) in [4.78, 5) is 3.50. The fraction of sp³-hybridized carbons (Fsp3) is 0.250. The monoisotopic (exact) mass is 138 g/mol. The van der Waals surface area contributed by atoms with Gasteiger partial charge in [0.1, 0.15) is 0 Å². The van der Waals surface area contributed by atoms with Crippen molar-refractivity contribution in [2.75, 3.05) is 0 Å². The Labute approximate surface area is 59.9 Å². The molecular formula is C8H9FN. The van der Waals surface area contributed by atoms with Crippen molar-refractivity contribution in [1.29, 1.82) is 0 Å². The average molecular weight is 138 g/mol. The summed E-state index contributed by atoms with van der Waals surface area (Å²) >= 11 is 0. The van der Waals surface area contributed by atoms with Crippen molar-refractivity contribution in [3.8, 4) is 0 Å². The van der Waals surface area contributed by atoms with Crippen LogP contribution in [-0.2, 0) is 6.42 Å². The Morgan fingerprint density at radius 1 is 1.60 bits per heavy atom. The molecule has 1 aromatic rings. The van der Waals surface area contributed by atoms with Crippen molar-refractivity contribution in [3.63, 3.8) is 0 Å². The lowest BCUT2D eigenvalue weighted by molar-refractivity contribution is 0.566. The minimum absolute atomic E-state index is 0.369. The lowest BCUT2D eigenvalue weighted by Crippen LogP contribution is -1.91. The Balaban J connectivity index is 2.81. The smallest absolute Gasteiger partial charge is 0.216 e. The Kier molecular flexibility index (Phi) is 2.37. The highest BCUT2D eigenvalue weighted by atomic mass is 19.1. The van der Waals surface area contributed by atoms with Crippen LogP contribution in [0.15, 0.2) is 18.3 Å². The normalized spacial score (nSPS) is 9.80. The summed E-state index contributed by atoms with van der Waals surface area (Å²) in [5, 5.41) is 0. The van der Waals surface area contributed by atoms with Gasteiger partial charge in [0, 0.05) is 11.8 Å². The Hall–Kier alpha value is -0.920. The molecule has 0 spiro atoms. The summed E-state index contributed by atoms with van der Waals surface area (Å²) in [5.74, 6) is -0.369. The Bertz CT molecular complexity index is 210. The van der Waals surface area contributed by atoms with Gasteiger partial charge in [0.15, 0.2) is 0 Å². The second kappa shape index (κ2) is 3.30. The predicted molar refractivity (Wildman–Crippen MR) is 37.9 cm³/mol. The molecule has 1 aromatic heterocycles. The van der Waals surface area contributed by atoms with Crippen LogP contribution in [0.4, 0.5) is 4.39 Å². The maximum atomic E-state index is 12.6. The van der Waals surface area contributed by atoms with Crippen molar-refractivity contribution >= 4 is 0 Å². The number of aryl methyl sites for hydroxylation is 1. The van der Waals surface area contributed by atoms with Gasteiger partial charge in [-0.2, -0.15) is 4.39 Å². The zero-order chi connectivity index (χ0) is 7.40. The van der Waals surface area contributed by atoms with Crippen LogP contribution >= 0.6 is 0 Å². The molecule has 0 unspecified atom stereocenters. The lowest BCUT2D eigenvalue weighted by atomic mass is 10.2. The van der Waals surface area contributed by atoms with Crippen molar-refractivity contribution in [2.24, 2.45) is 0 Å². The number of nitrogens with zero attached hydrogens (tertiary/aromatic N) is 1. The second-order valence-electron chi connectivity index (χ2n) is 2.06. The standard InChI is InChI=1S/C8H9FN/c1-2-4-7-5-3-6-10-8(7)9/h3,5-6H,1-2,4H2. The fourth-order valence-electron chi connectivity index (χ4n) is 0.796. The first-order valence-corrected chi connectivity index (χ1v) is 3.23. The minimum Gasteiger partial charge on any atom is -0.228 e. The summed E-state index contributed by atoms with van der Waals surface area (Å²) in [6.45, 7) is 3.63. The van der Waals surface area contributed by atoms with Crippen molar-refractivity contribution in [3.05, 3.63) is 36.8 Å². The zero-order valence-corrected chi connectivity index (χ0v) is 5.68. The van der Waals surface area contributed by atoms with Crippen LogP contribution < -0.4 is 0 Å². The number of hydrogen-bond donors (Lipinski definition) is 0. The van der Waals surface area contributed by atoms with Crippen molar-refractivity contribution < 1.29 is 4.39 Å². The first kappa shape index (κ1) is 7.19. The van der Waals surface area contributed by atoms with E-state index in [9.17, 15) is 4.39 Å². The maximum Gasteiger partial charge on any atom is 0.216 e. The quantitative estimate of drug-likeness (QED) is 0.569. The van der Waals surface area contributed by atoms with Crippen LogP contribution in [0.3, 0.4) is 0 Å². The molecule has 0 bridgehead atoms. The molecule has 0 saturated heterocycles. The molecule has 0 aliphatic heterocycles. The average Bonchev–Trinajstić information content (AvgIpc) is 1.94. The van der Waals surface area contributed by atoms with Gasteiger partial charge in [-0.25, -0.2) is 4.98 Å². The zero-order valence-electron chi connectivity index (χ0n) is 5.68. The molecule has 0 aromatic carbocycles. The number of aromatic nitrogens is 1. The van der Waals surface area contributed by atoms with Crippen LogP contribution in [0.2, 0.25) is 0 Å². The summed E-state index contributed by atoms with van der Waals surface area (Å²) in [6.07, 6.45) is 2.82. The Morgan fingerprint density at radius 2 is 2.40 bits per heavy atom.